The maximum atomic E-state index is 10.0. The molecule has 0 aliphatic carbocycles. The van der Waals surface area contributed by atoms with Crippen molar-refractivity contribution in [3.63, 3.8) is 0 Å². The van der Waals surface area contributed by atoms with Crippen molar-refractivity contribution in [2.75, 3.05) is 38.2 Å². The third-order valence-electron chi connectivity index (χ3n) is 7.47. The predicted octanol–water partition coefficient (Wildman–Crippen LogP) is 6.58. The van der Waals surface area contributed by atoms with Crippen LogP contribution in [0.5, 0.6) is 11.5 Å². The van der Waals surface area contributed by atoms with E-state index in [2.05, 4.69) is 21.7 Å². The van der Waals surface area contributed by atoms with E-state index in [0.717, 1.165) is 61.2 Å². The van der Waals surface area contributed by atoms with Crippen LogP contribution in [0.3, 0.4) is 0 Å². The second-order valence-corrected chi connectivity index (χ2v) is 10.6. The zero-order valence-corrected chi connectivity index (χ0v) is 22.4. The van der Waals surface area contributed by atoms with E-state index in [-0.39, 0.29) is 6.10 Å². The molecule has 2 fully saturated rings. The maximum Gasteiger partial charge on any atom is 0.137 e. The summed E-state index contributed by atoms with van der Waals surface area (Å²) in [5.74, 6) is 2.06. The molecule has 0 amide bonds. The van der Waals surface area contributed by atoms with Gasteiger partial charge in [0.25, 0.3) is 0 Å². The third-order valence-corrected chi connectivity index (χ3v) is 7.69. The van der Waals surface area contributed by atoms with Crippen LogP contribution in [0.4, 0.5) is 11.4 Å². The number of nitrogens with one attached hydrogen (secondary N) is 2. The lowest BCUT2D eigenvalue weighted by Crippen LogP contribution is -2.26. The quantitative estimate of drug-likeness (QED) is 0.227. The van der Waals surface area contributed by atoms with E-state index < -0.39 is 0 Å². The highest BCUT2D eigenvalue weighted by Crippen LogP contribution is 2.41. The van der Waals surface area contributed by atoms with E-state index >= 15 is 0 Å². The number of furan rings is 1. The molecule has 2 N–H and O–H groups in total. The summed E-state index contributed by atoms with van der Waals surface area (Å²) in [4.78, 5) is 4.63. The zero-order chi connectivity index (χ0) is 26.6. The van der Waals surface area contributed by atoms with E-state index in [1.54, 1.807) is 18.5 Å². The summed E-state index contributed by atoms with van der Waals surface area (Å²) in [5, 5.41) is 19.0. The average Bonchev–Trinajstić information content (AvgIpc) is 3.64. The van der Waals surface area contributed by atoms with Gasteiger partial charge in [-0.05, 0) is 50.4 Å². The number of ether oxygens (including phenoxy) is 3. The number of rotatable bonds is 9. The van der Waals surface area contributed by atoms with Crippen LogP contribution in [0.1, 0.15) is 37.7 Å². The molecule has 202 valence electrons. The highest BCUT2D eigenvalue weighted by molar-refractivity contribution is 6.31. The number of nitriles is 1. The molecule has 8 nitrogen and oxygen atoms in total. The zero-order valence-electron chi connectivity index (χ0n) is 21.7. The minimum absolute atomic E-state index is 0.00240. The van der Waals surface area contributed by atoms with Gasteiger partial charge in [0.05, 0.1) is 53.9 Å². The van der Waals surface area contributed by atoms with Gasteiger partial charge in [-0.3, -0.25) is 4.98 Å². The van der Waals surface area contributed by atoms with E-state index in [4.69, 9.17) is 30.2 Å². The highest BCUT2D eigenvalue weighted by atomic mass is 35.5. The first-order valence-electron chi connectivity index (χ1n) is 13.6. The highest BCUT2D eigenvalue weighted by Gasteiger charge is 2.22. The second kappa shape index (κ2) is 11.7. The van der Waals surface area contributed by atoms with E-state index in [1.165, 1.54) is 6.42 Å². The molecule has 1 atom stereocenters. The normalized spacial score (nSPS) is 17.9. The molecule has 2 saturated heterocycles. The molecule has 6 rings (SSSR count). The number of hydrogen-bond donors (Lipinski definition) is 2. The Bertz CT molecular complexity index is 1500. The van der Waals surface area contributed by atoms with Crippen LogP contribution in [0, 0.1) is 17.2 Å². The van der Waals surface area contributed by atoms with Gasteiger partial charge in [0.1, 0.15) is 29.3 Å². The maximum absolute atomic E-state index is 10.0. The van der Waals surface area contributed by atoms with Gasteiger partial charge in [0.15, 0.2) is 0 Å². The number of anilines is 2. The van der Waals surface area contributed by atoms with Crippen LogP contribution in [0.2, 0.25) is 5.02 Å². The fourth-order valence-corrected chi connectivity index (χ4v) is 5.63. The van der Waals surface area contributed by atoms with Gasteiger partial charge in [0, 0.05) is 47.6 Å². The lowest BCUT2D eigenvalue weighted by Gasteiger charge is -2.25. The number of benzene rings is 2. The molecule has 0 bridgehead atoms. The van der Waals surface area contributed by atoms with E-state index in [1.807, 2.05) is 24.3 Å². The van der Waals surface area contributed by atoms with Crippen LogP contribution < -0.4 is 20.1 Å². The van der Waals surface area contributed by atoms with Crippen LogP contribution in [-0.2, 0) is 4.74 Å². The summed E-state index contributed by atoms with van der Waals surface area (Å²) < 4.78 is 23.9. The largest absolute Gasteiger partial charge is 0.493 e. The molecule has 2 aromatic heterocycles. The van der Waals surface area contributed by atoms with Gasteiger partial charge in [-0.15, -0.1) is 0 Å². The van der Waals surface area contributed by atoms with Gasteiger partial charge in [0.2, 0.25) is 0 Å². The van der Waals surface area contributed by atoms with Crippen molar-refractivity contribution < 1.29 is 18.6 Å². The van der Waals surface area contributed by atoms with Crippen LogP contribution in [0.25, 0.3) is 21.9 Å². The number of fused-ring (bicyclic) bond motifs is 2. The molecular formula is C30H31ClN4O4. The van der Waals surface area contributed by atoms with E-state index in [9.17, 15) is 5.26 Å². The number of aromatic nitrogens is 1. The minimum Gasteiger partial charge on any atom is -0.493 e. The summed E-state index contributed by atoms with van der Waals surface area (Å²) in [5.41, 5.74) is 3.07. The Balaban J connectivity index is 1.37. The Morgan fingerprint density at radius 2 is 2.08 bits per heavy atom. The van der Waals surface area contributed by atoms with Crippen molar-refractivity contribution >= 4 is 44.8 Å². The standard InChI is InChI=1S/C30H31ClN4O4/c31-21-12-25(24-6-11-38-27(24)13-21)35-30-20(16-32)18-34-26-14-23(37-8-1-2-19-3-7-33-17-19)15-28(29(26)30)39-22-4-9-36-10-5-22/h6,11-15,18-19,22,33H,1-5,7-10,17H2,(H,34,35). The third kappa shape index (κ3) is 5.76. The molecule has 2 aliphatic rings. The van der Waals surface area contributed by atoms with Crippen molar-refractivity contribution in [2.45, 2.75) is 38.2 Å². The van der Waals surface area contributed by atoms with E-state index in [0.29, 0.717) is 58.7 Å². The Morgan fingerprint density at radius 1 is 1.18 bits per heavy atom. The summed E-state index contributed by atoms with van der Waals surface area (Å²) in [7, 11) is 0. The summed E-state index contributed by atoms with van der Waals surface area (Å²) in [6.07, 6.45) is 8.15. The molecule has 9 heteroatoms. The number of hydrogen-bond acceptors (Lipinski definition) is 8. The molecular weight excluding hydrogens is 516 g/mol. The first-order chi connectivity index (χ1) is 19.2. The first-order valence-corrected chi connectivity index (χ1v) is 13.9. The molecule has 0 radical (unpaired) electrons. The van der Waals surface area contributed by atoms with Gasteiger partial charge in [-0.1, -0.05) is 11.6 Å². The molecule has 1 unspecified atom stereocenters. The first kappa shape index (κ1) is 25.8. The Hall–Kier alpha value is -3.51. The van der Waals surface area contributed by atoms with Crippen molar-refractivity contribution in [1.29, 1.82) is 5.26 Å². The van der Waals surface area contributed by atoms with Gasteiger partial charge in [-0.25, -0.2) is 0 Å². The fourth-order valence-electron chi connectivity index (χ4n) is 5.43. The van der Waals surface area contributed by atoms with Crippen LogP contribution >= 0.6 is 11.6 Å². The van der Waals surface area contributed by atoms with Crippen LogP contribution in [0.15, 0.2) is 47.2 Å². The minimum atomic E-state index is -0.00240. The van der Waals surface area contributed by atoms with Crippen LogP contribution in [-0.4, -0.2) is 44.0 Å². The van der Waals surface area contributed by atoms with Crippen molar-refractivity contribution in [3.8, 4) is 17.6 Å². The van der Waals surface area contributed by atoms with Gasteiger partial charge < -0.3 is 29.3 Å². The number of nitrogens with zero attached hydrogens (tertiary/aromatic N) is 2. The Kier molecular flexibility index (Phi) is 7.73. The SMILES string of the molecule is N#Cc1cnc2cc(OCCCC3CCNC3)cc(OC3CCOCC3)c2c1Nc1cc(Cl)cc2occc12. The van der Waals surface area contributed by atoms with Gasteiger partial charge >= 0.3 is 0 Å². The summed E-state index contributed by atoms with van der Waals surface area (Å²) in [6, 6.07) is 11.6. The summed E-state index contributed by atoms with van der Waals surface area (Å²) in [6.45, 7) is 4.14. The molecule has 2 aromatic carbocycles. The molecule has 39 heavy (non-hydrogen) atoms. The van der Waals surface area contributed by atoms with Gasteiger partial charge in [-0.2, -0.15) is 5.26 Å². The lowest BCUT2D eigenvalue weighted by atomic mass is 10.0. The summed E-state index contributed by atoms with van der Waals surface area (Å²) >= 11 is 6.39. The number of halogens is 1. The van der Waals surface area contributed by atoms with Crippen molar-refractivity contribution in [2.24, 2.45) is 5.92 Å². The molecule has 4 heterocycles. The Labute approximate surface area is 232 Å². The Morgan fingerprint density at radius 3 is 2.90 bits per heavy atom. The molecule has 2 aliphatic heterocycles. The lowest BCUT2D eigenvalue weighted by molar-refractivity contribution is 0.0261. The molecule has 0 saturated carbocycles. The molecule has 0 spiro atoms. The topological polar surface area (TPSA) is 102 Å². The second-order valence-electron chi connectivity index (χ2n) is 10.2. The van der Waals surface area contributed by atoms with Crippen molar-refractivity contribution in [3.05, 3.63) is 53.4 Å². The number of pyridine rings is 1. The monoisotopic (exact) mass is 546 g/mol. The van der Waals surface area contributed by atoms with Crippen molar-refractivity contribution in [1.82, 2.24) is 10.3 Å². The smallest absolute Gasteiger partial charge is 0.137 e. The predicted molar refractivity (Wildman–Crippen MR) is 151 cm³/mol. The molecule has 4 aromatic rings. The fraction of sp³-hybridized carbons (Fsp3) is 0.400. The average molecular weight is 547 g/mol.